The SMILES string of the molecule is CCOc1ccc(N/C(=C/C(=O)OC)C(=O)OC)cc1C#N. The van der Waals surface area contributed by atoms with Gasteiger partial charge in [-0.3, -0.25) is 0 Å². The zero-order valence-electron chi connectivity index (χ0n) is 12.5. The van der Waals surface area contributed by atoms with Crippen molar-refractivity contribution in [1.29, 1.82) is 5.26 Å². The van der Waals surface area contributed by atoms with Crippen LogP contribution in [0.3, 0.4) is 0 Å². The fraction of sp³-hybridized carbons (Fsp3) is 0.267. The molecule has 1 rings (SSSR count). The van der Waals surface area contributed by atoms with Crippen molar-refractivity contribution in [3.05, 3.63) is 35.5 Å². The monoisotopic (exact) mass is 304 g/mol. The lowest BCUT2D eigenvalue weighted by Gasteiger charge is -2.11. The molecule has 0 bridgehead atoms. The molecule has 0 heterocycles. The number of nitrogens with one attached hydrogen (secondary N) is 1. The highest BCUT2D eigenvalue weighted by molar-refractivity contribution is 5.98. The van der Waals surface area contributed by atoms with Crippen LogP contribution in [0.1, 0.15) is 12.5 Å². The Labute approximate surface area is 128 Å². The second-order valence-electron chi connectivity index (χ2n) is 3.95. The molecule has 0 aliphatic rings. The van der Waals surface area contributed by atoms with Crippen LogP contribution in [0, 0.1) is 11.3 Å². The molecule has 1 N–H and O–H groups in total. The Morgan fingerprint density at radius 1 is 1.32 bits per heavy atom. The average Bonchev–Trinajstić information content (AvgIpc) is 2.54. The Hall–Kier alpha value is -3.01. The summed E-state index contributed by atoms with van der Waals surface area (Å²) in [6.45, 7) is 2.24. The largest absolute Gasteiger partial charge is 0.492 e. The average molecular weight is 304 g/mol. The Balaban J connectivity index is 3.09. The zero-order chi connectivity index (χ0) is 16.5. The molecule has 7 nitrogen and oxygen atoms in total. The lowest BCUT2D eigenvalue weighted by Crippen LogP contribution is -2.15. The van der Waals surface area contributed by atoms with E-state index in [0.717, 1.165) is 6.08 Å². The molecule has 0 saturated carbocycles. The van der Waals surface area contributed by atoms with Crippen LogP contribution in [0.5, 0.6) is 5.75 Å². The van der Waals surface area contributed by atoms with Crippen molar-refractivity contribution in [2.24, 2.45) is 0 Å². The van der Waals surface area contributed by atoms with Crippen molar-refractivity contribution < 1.29 is 23.8 Å². The summed E-state index contributed by atoms with van der Waals surface area (Å²) in [6, 6.07) is 6.70. The van der Waals surface area contributed by atoms with Crippen LogP contribution in [-0.2, 0) is 19.1 Å². The first-order chi connectivity index (χ1) is 10.5. The van der Waals surface area contributed by atoms with Crippen LogP contribution in [-0.4, -0.2) is 32.8 Å². The number of carbonyl (C=O) groups is 2. The number of nitrogens with zero attached hydrogens (tertiary/aromatic N) is 1. The molecule has 0 aromatic heterocycles. The number of methoxy groups -OCH3 is 2. The molecule has 7 heteroatoms. The molecule has 1 aromatic rings. The molecule has 22 heavy (non-hydrogen) atoms. The predicted octanol–water partition coefficient (Wildman–Crippen LogP) is 1.60. The van der Waals surface area contributed by atoms with Gasteiger partial charge in [0.15, 0.2) is 0 Å². The maximum Gasteiger partial charge on any atom is 0.354 e. The van der Waals surface area contributed by atoms with Crippen LogP contribution in [0.2, 0.25) is 0 Å². The van der Waals surface area contributed by atoms with E-state index in [1.165, 1.54) is 20.3 Å². The Morgan fingerprint density at radius 3 is 2.59 bits per heavy atom. The van der Waals surface area contributed by atoms with Crippen LogP contribution in [0.25, 0.3) is 0 Å². The molecule has 0 unspecified atom stereocenters. The van der Waals surface area contributed by atoms with E-state index in [1.54, 1.807) is 12.1 Å². The fourth-order valence-corrected chi connectivity index (χ4v) is 1.56. The summed E-state index contributed by atoms with van der Waals surface area (Å²) in [5.74, 6) is -1.01. The fourth-order valence-electron chi connectivity index (χ4n) is 1.56. The maximum atomic E-state index is 11.6. The third kappa shape index (κ3) is 4.52. The minimum absolute atomic E-state index is 0.109. The van der Waals surface area contributed by atoms with E-state index in [1.807, 2.05) is 13.0 Å². The molecule has 0 fully saturated rings. The van der Waals surface area contributed by atoms with E-state index in [9.17, 15) is 9.59 Å². The smallest absolute Gasteiger partial charge is 0.354 e. The van der Waals surface area contributed by atoms with E-state index in [4.69, 9.17) is 10.00 Å². The van der Waals surface area contributed by atoms with Gasteiger partial charge in [0.05, 0.1) is 32.5 Å². The number of hydrogen-bond acceptors (Lipinski definition) is 7. The highest BCUT2D eigenvalue weighted by atomic mass is 16.5. The van der Waals surface area contributed by atoms with Gasteiger partial charge in [0.25, 0.3) is 0 Å². The first kappa shape index (κ1) is 17.0. The van der Waals surface area contributed by atoms with Crippen molar-refractivity contribution >= 4 is 17.6 Å². The predicted molar refractivity (Wildman–Crippen MR) is 78.1 cm³/mol. The van der Waals surface area contributed by atoms with Gasteiger partial charge in [0.2, 0.25) is 0 Å². The van der Waals surface area contributed by atoms with Gasteiger partial charge >= 0.3 is 11.9 Å². The van der Waals surface area contributed by atoms with E-state index >= 15 is 0 Å². The van der Waals surface area contributed by atoms with Gasteiger partial charge in [0, 0.05) is 5.69 Å². The Bertz CT molecular complexity index is 631. The molecule has 0 saturated heterocycles. The van der Waals surface area contributed by atoms with Gasteiger partial charge in [-0.05, 0) is 25.1 Å². The summed E-state index contributed by atoms with van der Waals surface area (Å²) < 4.78 is 14.4. The van der Waals surface area contributed by atoms with Crippen LogP contribution in [0.4, 0.5) is 5.69 Å². The summed E-state index contributed by atoms with van der Waals surface area (Å²) in [5, 5.41) is 11.8. The molecular weight excluding hydrogens is 288 g/mol. The minimum atomic E-state index is -0.738. The summed E-state index contributed by atoms with van der Waals surface area (Å²) in [6.07, 6.45) is 0.967. The quantitative estimate of drug-likeness (QED) is 0.629. The second kappa shape index (κ2) is 8.32. The molecular formula is C15H16N2O5. The summed E-state index contributed by atoms with van der Waals surface area (Å²) in [5.41, 5.74) is 0.622. The minimum Gasteiger partial charge on any atom is -0.492 e. The van der Waals surface area contributed by atoms with Gasteiger partial charge in [-0.25, -0.2) is 9.59 Å². The number of esters is 2. The van der Waals surface area contributed by atoms with Crippen molar-refractivity contribution in [2.45, 2.75) is 6.92 Å². The molecule has 0 aliphatic heterocycles. The van der Waals surface area contributed by atoms with Gasteiger partial charge in [-0.15, -0.1) is 0 Å². The second-order valence-corrected chi connectivity index (χ2v) is 3.95. The van der Waals surface area contributed by atoms with Gasteiger partial charge in [0.1, 0.15) is 17.5 Å². The third-order valence-electron chi connectivity index (χ3n) is 2.55. The van der Waals surface area contributed by atoms with Crippen LogP contribution < -0.4 is 10.1 Å². The molecule has 0 radical (unpaired) electrons. The van der Waals surface area contributed by atoms with Gasteiger partial charge in [-0.2, -0.15) is 5.26 Å². The lowest BCUT2D eigenvalue weighted by molar-refractivity contribution is -0.138. The van der Waals surface area contributed by atoms with Crippen molar-refractivity contribution in [1.82, 2.24) is 0 Å². The normalized spacial score (nSPS) is 10.4. The number of nitriles is 1. The molecule has 116 valence electrons. The number of benzene rings is 1. The van der Waals surface area contributed by atoms with Gasteiger partial charge in [-0.1, -0.05) is 0 Å². The maximum absolute atomic E-state index is 11.6. The molecule has 0 spiro atoms. The van der Waals surface area contributed by atoms with E-state index in [2.05, 4.69) is 14.8 Å². The highest BCUT2D eigenvalue weighted by Gasteiger charge is 2.14. The number of anilines is 1. The highest BCUT2D eigenvalue weighted by Crippen LogP contribution is 2.23. The van der Waals surface area contributed by atoms with Crippen molar-refractivity contribution in [2.75, 3.05) is 26.1 Å². The summed E-state index contributed by atoms with van der Waals surface area (Å²) in [7, 11) is 2.38. The van der Waals surface area contributed by atoms with E-state index < -0.39 is 11.9 Å². The third-order valence-corrected chi connectivity index (χ3v) is 2.55. The zero-order valence-corrected chi connectivity index (χ0v) is 12.5. The van der Waals surface area contributed by atoms with E-state index in [0.29, 0.717) is 23.6 Å². The number of rotatable bonds is 6. The number of ether oxygens (including phenoxy) is 3. The van der Waals surface area contributed by atoms with Crippen molar-refractivity contribution in [3.8, 4) is 11.8 Å². The Kier molecular flexibility index (Phi) is 6.44. The van der Waals surface area contributed by atoms with Crippen LogP contribution in [0.15, 0.2) is 30.0 Å². The molecule has 0 amide bonds. The number of hydrogen-bond donors (Lipinski definition) is 1. The topological polar surface area (TPSA) is 97.7 Å². The summed E-state index contributed by atoms with van der Waals surface area (Å²) in [4.78, 5) is 22.9. The standard InChI is InChI=1S/C15H16N2O5/c1-4-22-13-6-5-11(7-10(13)9-16)17-12(15(19)21-3)8-14(18)20-2/h5-8,17H,4H2,1-3H3/b12-8+. The van der Waals surface area contributed by atoms with Gasteiger partial charge < -0.3 is 19.5 Å². The number of carbonyl (C=O) groups excluding carboxylic acids is 2. The molecule has 1 aromatic carbocycles. The van der Waals surface area contributed by atoms with Crippen LogP contribution >= 0.6 is 0 Å². The van der Waals surface area contributed by atoms with E-state index in [-0.39, 0.29) is 5.70 Å². The molecule has 0 atom stereocenters. The first-order valence-electron chi connectivity index (χ1n) is 6.37. The van der Waals surface area contributed by atoms with Crippen molar-refractivity contribution in [3.63, 3.8) is 0 Å². The summed E-state index contributed by atoms with van der Waals surface area (Å²) >= 11 is 0. The lowest BCUT2D eigenvalue weighted by atomic mass is 10.2. The molecule has 0 aliphatic carbocycles. The first-order valence-corrected chi connectivity index (χ1v) is 6.37. The Morgan fingerprint density at radius 2 is 2.05 bits per heavy atom.